The van der Waals surface area contributed by atoms with Crippen molar-refractivity contribution in [1.29, 1.82) is 0 Å². The number of hydrogen-bond acceptors (Lipinski definition) is 2. The van der Waals surface area contributed by atoms with Gasteiger partial charge in [-0.25, -0.2) is 4.79 Å². The van der Waals surface area contributed by atoms with Crippen LogP contribution in [-0.4, -0.2) is 30.4 Å². The van der Waals surface area contributed by atoms with Gasteiger partial charge in [0.15, 0.2) is 0 Å². The third-order valence-electron chi connectivity index (χ3n) is 4.15. The molecule has 3 unspecified atom stereocenters. The maximum atomic E-state index is 12.9. The molecule has 0 radical (unpaired) electrons. The van der Waals surface area contributed by atoms with E-state index in [1.54, 1.807) is 6.07 Å². The van der Waals surface area contributed by atoms with Crippen LogP contribution in [0.3, 0.4) is 0 Å². The Labute approximate surface area is 125 Å². The number of hydrogen-bond donors (Lipinski definition) is 2. The molecule has 2 aliphatic rings. The molecule has 1 saturated carbocycles. The van der Waals surface area contributed by atoms with Crippen LogP contribution < -0.4 is 10.6 Å². The minimum atomic E-state index is -4.39. The van der Waals surface area contributed by atoms with E-state index in [1.807, 2.05) is 0 Å². The van der Waals surface area contributed by atoms with Crippen molar-refractivity contribution < 1.29 is 18.0 Å². The highest BCUT2D eigenvalue weighted by molar-refractivity contribution is 5.82. The molecule has 1 saturated heterocycles. The second-order valence-corrected chi connectivity index (χ2v) is 5.66. The van der Waals surface area contributed by atoms with Crippen molar-refractivity contribution >= 4 is 12.2 Å². The van der Waals surface area contributed by atoms with Gasteiger partial charge in [0, 0.05) is 11.8 Å². The molecule has 1 aliphatic heterocycles. The summed E-state index contributed by atoms with van der Waals surface area (Å²) in [6, 6.07) is 5.28. The Kier molecular flexibility index (Phi) is 3.80. The lowest BCUT2D eigenvalue weighted by atomic mass is 9.88. The zero-order valence-electron chi connectivity index (χ0n) is 11.7. The van der Waals surface area contributed by atoms with Crippen molar-refractivity contribution in [2.45, 2.75) is 43.6 Å². The second-order valence-electron chi connectivity index (χ2n) is 5.66. The number of aliphatic imine (C=N–C) groups is 1. The summed E-state index contributed by atoms with van der Waals surface area (Å²) in [7, 11) is 0. The number of alkyl halides is 3. The van der Waals surface area contributed by atoms with Crippen LogP contribution in [-0.2, 0) is 6.18 Å². The Morgan fingerprint density at radius 1 is 1.14 bits per heavy atom. The molecule has 3 rings (SSSR count). The van der Waals surface area contributed by atoms with E-state index in [2.05, 4.69) is 15.6 Å². The quantitative estimate of drug-likeness (QED) is 0.811. The van der Waals surface area contributed by atoms with E-state index >= 15 is 0 Å². The fourth-order valence-electron chi connectivity index (χ4n) is 3.05. The van der Waals surface area contributed by atoms with E-state index in [1.165, 1.54) is 18.3 Å². The lowest BCUT2D eigenvalue weighted by molar-refractivity contribution is -0.137. The minimum absolute atomic E-state index is 0.0151. The van der Waals surface area contributed by atoms with E-state index in [-0.39, 0.29) is 29.7 Å². The van der Waals surface area contributed by atoms with Crippen LogP contribution >= 0.6 is 0 Å². The first-order valence-electron chi connectivity index (χ1n) is 7.20. The number of amides is 2. The summed E-state index contributed by atoms with van der Waals surface area (Å²) in [5, 5.41) is 5.64. The van der Waals surface area contributed by atoms with E-state index in [4.69, 9.17) is 0 Å². The molecule has 0 spiro atoms. The molecule has 1 heterocycles. The van der Waals surface area contributed by atoms with Crippen LogP contribution in [0.5, 0.6) is 0 Å². The molecule has 2 N–H and O–H groups in total. The zero-order valence-corrected chi connectivity index (χ0v) is 11.7. The number of fused-ring (bicyclic) bond motifs is 1. The predicted molar refractivity (Wildman–Crippen MR) is 75.9 cm³/mol. The van der Waals surface area contributed by atoms with Gasteiger partial charge in [0.25, 0.3) is 0 Å². The van der Waals surface area contributed by atoms with Gasteiger partial charge in [0.1, 0.15) is 0 Å². The van der Waals surface area contributed by atoms with E-state index in [0.29, 0.717) is 6.42 Å². The van der Waals surface area contributed by atoms with Crippen LogP contribution in [0, 0.1) is 0 Å². The summed E-state index contributed by atoms with van der Waals surface area (Å²) in [6.45, 7) is 0. The number of urea groups is 1. The Hall–Kier alpha value is -2.05. The molecule has 2 fully saturated rings. The number of carbonyl (C=O) groups is 1. The van der Waals surface area contributed by atoms with E-state index in [0.717, 1.165) is 18.9 Å². The number of nitrogens with zero attached hydrogens (tertiary/aromatic N) is 1. The number of carbonyl (C=O) groups excluding carboxylic acids is 1. The molecule has 0 bridgehead atoms. The maximum absolute atomic E-state index is 12.9. The van der Waals surface area contributed by atoms with Gasteiger partial charge in [-0.05, 0) is 25.3 Å². The largest absolute Gasteiger partial charge is 0.417 e. The van der Waals surface area contributed by atoms with Gasteiger partial charge in [0.2, 0.25) is 0 Å². The van der Waals surface area contributed by atoms with Gasteiger partial charge in [-0.1, -0.05) is 18.2 Å². The smallest absolute Gasteiger partial charge is 0.333 e. The molecular formula is C15H16F3N3O. The summed E-state index contributed by atoms with van der Waals surface area (Å²) in [5.74, 6) is 0. The lowest BCUT2D eigenvalue weighted by Crippen LogP contribution is -2.40. The molecule has 4 nitrogen and oxygen atoms in total. The van der Waals surface area contributed by atoms with E-state index < -0.39 is 11.7 Å². The third kappa shape index (κ3) is 3.08. The van der Waals surface area contributed by atoms with Crippen LogP contribution in [0.2, 0.25) is 0 Å². The Morgan fingerprint density at radius 3 is 2.64 bits per heavy atom. The van der Waals surface area contributed by atoms with Crippen molar-refractivity contribution in [3.63, 3.8) is 0 Å². The fraction of sp³-hybridized carbons (Fsp3) is 0.467. The molecule has 22 heavy (non-hydrogen) atoms. The van der Waals surface area contributed by atoms with Gasteiger partial charge in [0.05, 0.1) is 23.7 Å². The Bertz CT molecular complexity index is 600. The summed E-state index contributed by atoms with van der Waals surface area (Å²) in [5.41, 5.74) is -0.603. The van der Waals surface area contributed by atoms with Crippen LogP contribution in [0.4, 0.5) is 18.0 Å². The predicted octanol–water partition coefficient (Wildman–Crippen LogP) is 2.73. The van der Waals surface area contributed by atoms with Gasteiger partial charge in [-0.2, -0.15) is 13.2 Å². The number of nitrogens with one attached hydrogen (secondary N) is 2. The van der Waals surface area contributed by atoms with E-state index in [9.17, 15) is 18.0 Å². The normalized spacial score (nSPS) is 28.3. The summed E-state index contributed by atoms with van der Waals surface area (Å²) >= 11 is 0. The second kappa shape index (κ2) is 5.62. The van der Waals surface area contributed by atoms with Crippen LogP contribution in [0.25, 0.3) is 0 Å². The summed E-state index contributed by atoms with van der Waals surface area (Å²) in [6.07, 6.45) is -0.893. The highest BCUT2D eigenvalue weighted by Crippen LogP contribution is 2.31. The van der Waals surface area contributed by atoms with Crippen molar-refractivity contribution in [2.24, 2.45) is 4.99 Å². The summed E-state index contributed by atoms with van der Waals surface area (Å²) < 4.78 is 38.7. The van der Waals surface area contributed by atoms with Crippen molar-refractivity contribution in [3.05, 3.63) is 35.4 Å². The van der Waals surface area contributed by atoms with Gasteiger partial charge in [-0.15, -0.1) is 0 Å². The summed E-state index contributed by atoms with van der Waals surface area (Å²) in [4.78, 5) is 15.6. The Balaban J connectivity index is 1.71. The standard InChI is InChI=1S/C15H16F3N3O/c16-15(17,18)11-4-2-1-3-9(11)8-19-10-5-6-12-13(7-10)21-14(22)20-12/h1-4,8,10,12-13H,5-7H2,(H2,20,21,22). The van der Waals surface area contributed by atoms with Crippen LogP contribution in [0.15, 0.2) is 29.3 Å². The highest BCUT2D eigenvalue weighted by atomic mass is 19.4. The number of benzene rings is 1. The number of rotatable bonds is 2. The Morgan fingerprint density at radius 2 is 1.86 bits per heavy atom. The molecule has 0 aromatic heterocycles. The molecular weight excluding hydrogens is 295 g/mol. The van der Waals surface area contributed by atoms with Crippen molar-refractivity contribution in [1.82, 2.24) is 10.6 Å². The lowest BCUT2D eigenvalue weighted by Gasteiger charge is -2.28. The first-order valence-corrected chi connectivity index (χ1v) is 7.20. The molecule has 7 heteroatoms. The molecule has 118 valence electrons. The van der Waals surface area contributed by atoms with Gasteiger partial charge < -0.3 is 10.6 Å². The minimum Gasteiger partial charge on any atom is -0.333 e. The average Bonchev–Trinajstić information content (AvgIpc) is 2.83. The zero-order chi connectivity index (χ0) is 15.7. The average molecular weight is 311 g/mol. The number of halogens is 3. The first-order chi connectivity index (χ1) is 10.4. The molecule has 1 aliphatic carbocycles. The monoisotopic (exact) mass is 311 g/mol. The van der Waals surface area contributed by atoms with Gasteiger partial charge >= 0.3 is 12.2 Å². The third-order valence-corrected chi connectivity index (χ3v) is 4.15. The van der Waals surface area contributed by atoms with Crippen molar-refractivity contribution in [3.8, 4) is 0 Å². The van der Waals surface area contributed by atoms with Crippen molar-refractivity contribution in [2.75, 3.05) is 0 Å². The fourth-order valence-corrected chi connectivity index (χ4v) is 3.05. The molecule has 2 amide bonds. The first kappa shape index (κ1) is 14.9. The highest BCUT2D eigenvalue weighted by Gasteiger charge is 2.37. The molecule has 1 aromatic carbocycles. The topological polar surface area (TPSA) is 53.5 Å². The molecule has 3 atom stereocenters. The SMILES string of the molecule is O=C1NC2CCC(N=Cc3ccccc3C(F)(F)F)CC2N1. The molecule has 1 aromatic rings. The maximum Gasteiger partial charge on any atom is 0.417 e. The van der Waals surface area contributed by atoms with Crippen LogP contribution in [0.1, 0.15) is 30.4 Å². The van der Waals surface area contributed by atoms with Gasteiger partial charge in [-0.3, -0.25) is 4.99 Å².